The van der Waals surface area contributed by atoms with E-state index >= 15 is 0 Å². The molecule has 5 aromatic heterocycles. The molecule has 0 spiro atoms. The summed E-state index contributed by atoms with van der Waals surface area (Å²) in [6.45, 7) is 0. The third kappa shape index (κ3) is 7.77. The van der Waals surface area contributed by atoms with Gasteiger partial charge in [-0.2, -0.15) is 0 Å². The highest BCUT2D eigenvalue weighted by atomic mass is 32.1. The van der Waals surface area contributed by atoms with Gasteiger partial charge in [0.25, 0.3) is 0 Å². The van der Waals surface area contributed by atoms with Gasteiger partial charge in [0.2, 0.25) is 0 Å². The maximum Gasteiger partial charge on any atom is 0.135 e. The molecule has 3 nitrogen and oxygen atoms in total. The van der Waals surface area contributed by atoms with Crippen molar-refractivity contribution in [3.63, 3.8) is 0 Å². The maximum atomic E-state index is 6.11. The third-order valence-electron chi connectivity index (χ3n) is 16.8. The van der Waals surface area contributed by atoms with E-state index in [1.165, 1.54) is 128 Å². The molecule has 5 heterocycles. The van der Waals surface area contributed by atoms with E-state index in [0.717, 1.165) is 33.3 Å². The van der Waals surface area contributed by atoms with Crippen LogP contribution < -0.4 is 0 Å². The second-order valence-corrected chi connectivity index (χ2v) is 23.6. The van der Waals surface area contributed by atoms with Crippen LogP contribution in [0.4, 0.5) is 0 Å². The molecule has 388 valence electrons. The highest BCUT2D eigenvalue weighted by molar-refractivity contribution is 7.26. The van der Waals surface area contributed by atoms with Gasteiger partial charge in [-0.05, 0) is 136 Å². The van der Waals surface area contributed by atoms with E-state index < -0.39 is 0 Å². The monoisotopic (exact) mass is 1090 g/mol. The van der Waals surface area contributed by atoms with Gasteiger partial charge in [0.1, 0.15) is 11.2 Å². The lowest BCUT2D eigenvalue weighted by molar-refractivity contribution is 0.669. The highest BCUT2D eigenvalue weighted by Gasteiger charge is 2.20. The predicted octanol–water partition coefficient (Wildman–Crippen LogP) is 22.9. The van der Waals surface area contributed by atoms with Crippen LogP contribution in [-0.2, 0) is 0 Å². The molecule has 0 unspecified atom stereocenters. The summed E-state index contributed by atoms with van der Waals surface area (Å²) in [6, 6.07) is 106. The fraction of sp³-hybridized carbons (Fsp3) is 0. The Hall–Kier alpha value is -10.3. The maximum absolute atomic E-state index is 6.11. The lowest BCUT2D eigenvalue weighted by Gasteiger charge is -2.14. The topological polar surface area (TPSA) is 23.0 Å². The molecule has 18 rings (SSSR count). The van der Waals surface area contributed by atoms with E-state index in [4.69, 9.17) is 4.42 Å². The van der Waals surface area contributed by atoms with Gasteiger partial charge in [0.05, 0.1) is 22.1 Å². The highest BCUT2D eigenvalue weighted by Crippen LogP contribution is 2.45. The van der Waals surface area contributed by atoms with E-state index in [2.05, 4.69) is 288 Å². The molecule has 0 aliphatic heterocycles. The number of hydrogen-bond donors (Lipinski definition) is 0. The van der Waals surface area contributed by atoms with Crippen molar-refractivity contribution in [2.45, 2.75) is 0 Å². The minimum Gasteiger partial charge on any atom is -0.456 e. The number of para-hydroxylation sites is 3. The molecule has 13 aromatic carbocycles. The molecule has 0 aliphatic carbocycles. The van der Waals surface area contributed by atoms with Crippen molar-refractivity contribution >= 4 is 129 Å². The van der Waals surface area contributed by atoms with Crippen molar-refractivity contribution in [3.05, 3.63) is 291 Å². The number of thiophene rings is 2. The average molecular weight is 1090 g/mol. The Kier molecular flexibility index (Phi) is 11.0. The molecule has 0 atom stereocenters. The Morgan fingerprint density at radius 2 is 0.663 bits per heavy atom. The predicted molar refractivity (Wildman–Crippen MR) is 356 cm³/mol. The lowest BCUT2D eigenvalue weighted by Crippen LogP contribution is -1.96. The summed E-state index contributed by atoms with van der Waals surface area (Å²) in [6.07, 6.45) is 0. The van der Waals surface area contributed by atoms with Gasteiger partial charge < -0.3 is 13.6 Å². The van der Waals surface area contributed by atoms with E-state index in [-0.39, 0.29) is 0 Å². The average Bonchev–Trinajstić information content (AvgIpc) is 3.87. The Morgan fingerprint density at radius 3 is 1.22 bits per heavy atom. The molecular formula is C78H48N2OS2. The second kappa shape index (κ2) is 19.2. The summed E-state index contributed by atoms with van der Waals surface area (Å²) in [4.78, 5) is 0. The number of rotatable bonds is 6. The molecular weight excluding hydrogens is 1050 g/mol. The zero-order valence-corrected chi connectivity index (χ0v) is 46.5. The molecule has 0 aliphatic rings. The summed E-state index contributed by atoms with van der Waals surface area (Å²) in [5.41, 5.74) is 18.9. The number of benzene rings is 13. The number of fused-ring (bicyclic) bond motifs is 15. The summed E-state index contributed by atoms with van der Waals surface area (Å²) in [5.74, 6) is 0. The zero-order chi connectivity index (χ0) is 54.5. The first-order valence-electron chi connectivity index (χ1n) is 28.2. The number of furan rings is 1. The molecule has 0 fully saturated rings. The van der Waals surface area contributed by atoms with E-state index in [0.29, 0.717) is 0 Å². The van der Waals surface area contributed by atoms with Crippen molar-refractivity contribution in [2.75, 3.05) is 0 Å². The van der Waals surface area contributed by atoms with Crippen molar-refractivity contribution in [1.82, 2.24) is 9.13 Å². The van der Waals surface area contributed by atoms with Crippen LogP contribution in [0.2, 0.25) is 0 Å². The molecule has 0 N–H and O–H groups in total. The van der Waals surface area contributed by atoms with Crippen LogP contribution in [0.15, 0.2) is 296 Å². The van der Waals surface area contributed by atoms with E-state index in [1.807, 2.05) is 34.8 Å². The molecule has 5 heteroatoms. The summed E-state index contributed by atoms with van der Waals surface area (Å²) >= 11 is 3.77. The minimum atomic E-state index is 0.916. The molecule has 0 radical (unpaired) electrons. The van der Waals surface area contributed by atoms with Gasteiger partial charge in [-0.1, -0.05) is 200 Å². The molecule has 0 saturated heterocycles. The first-order valence-corrected chi connectivity index (χ1v) is 29.8. The Bertz CT molecular complexity index is 5520. The molecule has 0 saturated carbocycles. The normalized spacial score (nSPS) is 11.9. The van der Waals surface area contributed by atoms with Crippen LogP contribution in [0.5, 0.6) is 0 Å². The Balaban J connectivity index is 0.000000132. The summed E-state index contributed by atoms with van der Waals surface area (Å²) in [5, 5.41) is 12.7. The molecule has 0 amide bonds. The minimum absolute atomic E-state index is 0.916. The van der Waals surface area contributed by atoms with Crippen LogP contribution in [0.25, 0.3) is 162 Å². The summed E-state index contributed by atoms with van der Waals surface area (Å²) < 4.78 is 16.3. The van der Waals surface area contributed by atoms with Gasteiger partial charge in [-0.3, -0.25) is 0 Å². The summed E-state index contributed by atoms with van der Waals surface area (Å²) in [7, 11) is 0. The number of nitrogens with zero attached hydrogens (tertiary/aromatic N) is 2. The van der Waals surface area contributed by atoms with Crippen molar-refractivity contribution < 1.29 is 4.42 Å². The Labute approximate surface area is 486 Å². The van der Waals surface area contributed by atoms with E-state index in [9.17, 15) is 0 Å². The van der Waals surface area contributed by atoms with Crippen molar-refractivity contribution in [1.29, 1.82) is 0 Å². The van der Waals surface area contributed by atoms with Crippen LogP contribution in [-0.4, -0.2) is 9.13 Å². The van der Waals surface area contributed by atoms with Crippen molar-refractivity contribution in [3.8, 4) is 55.9 Å². The van der Waals surface area contributed by atoms with Crippen LogP contribution >= 0.6 is 22.7 Å². The van der Waals surface area contributed by atoms with Gasteiger partial charge in [-0.25, -0.2) is 0 Å². The molecule has 0 bridgehead atoms. The molecule has 83 heavy (non-hydrogen) atoms. The van der Waals surface area contributed by atoms with Gasteiger partial charge in [0.15, 0.2) is 0 Å². The van der Waals surface area contributed by atoms with Crippen LogP contribution in [0, 0.1) is 0 Å². The van der Waals surface area contributed by atoms with Gasteiger partial charge >= 0.3 is 0 Å². The largest absolute Gasteiger partial charge is 0.456 e. The number of aromatic nitrogens is 2. The number of hydrogen-bond acceptors (Lipinski definition) is 3. The van der Waals surface area contributed by atoms with E-state index in [1.54, 1.807) is 0 Å². The fourth-order valence-corrected chi connectivity index (χ4v) is 15.5. The lowest BCUT2D eigenvalue weighted by atomic mass is 9.98. The molecule has 18 aromatic rings. The smallest absolute Gasteiger partial charge is 0.135 e. The van der Waals surface area contributed by atoms with Crippen molar-refractivity contribution in [2.24, 2.45) is 0 Å². The van der Waals surface area contributed by atoms with Gasteiger partial charge in [0, 0.05) is 84.0 Å². The van der Waals surface area contributed by atoms with Crippen LogP contribution in [0.1, 0.15) is 0 Å². The quantitative estimate of drug-likeness (QED) is 0.163. The van der Waals surface area contributed by atoms with Gasteiger partial charge in [-0.15, -0.1) is 22.7 Å². The SMILES string of the molecule is c1ccc(-c2cc(-c3ccccc3)cc(-n3c4ccccc4c4cc(-c5cccc6c5sc5ccccc56)ccc43)c2)cc1.c1ccc2c(c1)oc1ccc(-n3c4ccccc4c4cc(-c5cccc6c5sc5ccccc56)ccc43)cc12. The first kappa shape index (κ1) is 47.5. The van der Waals surface area contributed by atoms with Crippen LogP contribution in [0.3, 0.4) is 0 Å². The third-order valence-corrected chi connectivity index (χ3v) is 19.2. The Morgan fingerprint density at radius 1 is 0.229 bits per heavy atom. The zero-order valence-electron chi connectivity index (χ0n) is 44.8. The first-order chi connectivity index (χ1) is 41.1. The fourth-order valence-electron chi connectivity index (χ4n) is 13.0. The standard InChI is InChI=1S/C42H27NS.C36H21NOS/c1-3-12-28(13-4-1)31-24-32(29-14-5-2-6-15-29)26-33(25-31)43-39-20-9-7-16-35(39)38-27-30(22-23-40(38)43)34-18-11-19-37-36-17-8-10-21-41(36)44-42(34)37;1-4-13-31-25(8-1)29-20-22(24-11-7-12-28-27-10-3-6-15-35(27)39-36(24)28)16-18-32(29)37(31)23-17-19-34-30(21-23)26-9-2-5-14-33(26)38-34/h1-27H;1-21H. The second-order valence-electron chi connectivity index (χ2n) is 21.5.